The zero-order chi connectivity index (χ0) is 43.6. The lowest BCUT2D eigenvalue weighted by molar-refractivity contribution is -0.298. The van der Waals surface area contributed by atoms with Crippen molar-refractivity contribution < 1.29 is 57.0 Å². The Morgan fingerprint density at radius 1 is 0.678 bits per heavy atom. The van der Waals surface area contributed by atoms with E-state index < -0.39 is 78.5 Å². The molecule has 0 saturated carbocycles. The number of ether oxygens (including phenoxy) is 2. The van der Waals surface area contributed by atoms with E-state index in [4.69, 9.17) is 14.0 Å². The Labute approximate surface area is 357 Å². The van der Waals surface area contributed by atoms with Crippen LogP contribution >= 0.6 is 0 Å². The molecular formula is C45H83NO12S. The lowest BCUT2D eigenvalue weighted by atomic mass is 9.99. The SMILES string of the molecule is CCCCCCCC/C=C\CCCCC(O)C(=O)NC(COC1OC(CO)C(O)C(OS(=O)(=O)O)C1O)C(O)/C=C/CC/C=C/CCCCCCCCCCCCCC. The van der Waals surface area contributed by atoms with Crippen molar-refractivity contribution in [1.82, 2.24) is 5.32 Å². The van der Waals surface area contributed by atoms with Gasteiger partial charge in [0.05, 0.1) is 25.4 Å². The Hall–Kier alpha value is -1.72. The Morgan fingerprint density at radius 3 is 1.63 bits per heavy atom. The van der Waals surface area contributed by atoms with Gasteiger partial charge < -0.3 is 40.3 Å². The van der Waals surface area contributed by atoms with Gasteiger partial charge in [-0.25, -0.2) is 4.18 Å². The number of amides is 1. The van der Waals surface area contributed by atoms with Crippen molar-refractivity contribution in [3.8, 4) is 0 Å². The van der Waals surface area contributed by atoms with E-state index in [1.807, 2.05) is 0 Å². The minimum Gasteiger partial charge on any atom is -0.394 e. The third-order valence-corrected chi connectivity index (χ3v) is 11.2. The number of hydrogen-bond donors (Lipinski definition) is 7. The molecule has 8 atom stereocenters. The lowest BCUT2D eigenvalue weighted by Gasteiger charge is -2.41. The zero-order valence-corrected chi connectivity index (χ0v) is 37.2. The second kappa shape index (κ2) is 35.8. The minimum atomic E-state index is -5.12. The second-order valence-corrected chi connectivity index (χ2v) is 17.2. The number of carbonyl (C=O) groups excluding carboxylic acids is 1. The van der Waals surface area contributed by atoms with E-state index in [2.05, 4.69) is 47.7 Å². The van der Waals surface area contributed by atoms with E-state index >= 15 is 0 Å². The molecule has 0 aromatic heterocycles. The van der Waals surface area contributed by atoms with E-state index in [9.17, 15) is 38.7 Å². The number of hydrogen-bond acceptors (Lipinski definition) is 11. The summed E-state index contributed by atoms with van der Waals surface area (Å²) in [6.45, 7) is 3.17. The van der Waals surface area contributed by atoms with Gasteiger partial charge in [-0.1, -0.05) is 159 Å². The van der Waals surface area contributed by atoms with Gasteiger partial charge in [-0.15, -0.1) is 0 Å². The molecule has 0 radical (unpaired) electrons. The summed E-state index contributed by atoms with van der Waals surface area (Å²) in [4.78, 5) is 13.1. The van der Waals surface area contributed by atoms with Crippen molar-refractivity contribution >= 4 is 16.3 Å². The predicted octanol–water partition coefficient (Wildman–Crippen LogP) is 7.69. The highest BCUT2D eigenvalue weighted by molar-refractivity contribution is 7.80. The first-order valence-electron chi connectivity index (χ1n) is 23.0. The maximum absolute atomic E-state index is 13.1. The smallest absolute Gasteiger partial charge is 0.394 e. The molecule has 59 heavy (non-hydrogen) atoms. The maximum Gasteiger partial charge on any atom is 0.397 e. The molecule has 1 saturated heterocycles. The van der Waals surface area contributed by atoms with Crippen LogP contribution in [0.2, 0.25) is 0 Å². The van der Waals surface area contributed by atoms with Gasteiger partial charge in [0.15, 0.2) is 6.29 Å². The minimum absolute atomic E-state index is 0.206. The first-order valence-corrected chi connectivity index (χ1v) is 24.3. The van der Waals surface area contributed by atoms with Gasteiger partial charge in [0.25, 0.3) is 0 Å². The van der Waals surface area contributed by atoms with E-state index in [-0.39, 0.29) is 6.42 Å². The number of rotatable bonds is 38. The van der Waals surface area contributed by atoms with E-state index in [0.29, 0.717) is 12.8 Å². The summed E-state index contributed by atoms with van der Waals surface area (Å²) in [7, 11) is -5.12. The van der Waals surface area contributed by atoms with Crippen LogP contribution in [0, 0.1) is 0 Å². The summed E-state index contributed by atoms with van der Waals surface area (Å²) < 4.78 is 47.4. The molecule has 1 heterocycles. The Bertz CT molecular complexity index is 1220. The molecule has 8 unspecified atom stereocenters. The third-order valence-electron chi connectivity index (χ3n) is 10.8. The average Bonchev–Trinajstić information content (AvgIpc) is 3.20. The molecule has 0 spiro atoms. The van der Waals surface area contributed by atoms with Crippen LogP contribution in [0.1, 0.15) is 181 Å². The summed E-state index contributed by atoms with van der Waals surface area (Å²) in [5.41, 5.74) is 0. The topological polar surface area (TPSA) is 212 Å². The third kappa shape index (κ3) is 28.5. The van der Waals surface area contributed by atoms with Gasteiger partial charge in [0.1, 0.15) is 30.5 Å². The largest absolute Gasteiger partial charge is 0.397 e. The van der Waals surface area contributed by atoms with Gasteiger partial charge in [0.2, 0.25) is 5.91 Å². The predicted molar refractivity (Wildman–Crippen MR) is 233 cm³/mol. The molecule has 0 aliphatic carbocycles. The van der Waals surface area contributed by atoms with Crippen molar-refractivity contribution in [2.45, 2.75) is 230 Å². The van der Waals surface area contributed by atoms with Crippen LogP contribution in [0.5, 0.6) is 0 Å². The molecular weight excluding hydrogens is 779 g/mol. The fourth-order valence-electron chi connectivity index (χ4n) is 7.06. The van der Waals surface area contributed by atoms with E-state index in [1.165, 1.54) is 115 Å². The van der Waals surface area contributed by atoms with Crippen LogP contribution in [0.15, 0.2) is 36.5 Å². The lowest BCUT2D eigenvalue weighted by Crippen LogP contribution is -2.61. The Balaban J connectivity index is 2.64. The molecule has 346 valence electrons. The normalized spacial score (nSPS) is 21.8. The van der Waals surface area contributed by atoms with E-state index in [0.717, 1.165) is 38.5 Å². The average molecular weight is 862 g/mol. The second-order valence-electron chi connectivity index (χ2n) is 16.1. The molecule has 0 aromatic rings. The van der Waals surface area contributed by atoms with Crippen molar-refractivity contribution in [2.75, 3.05) is 13.2 Å². The van der Waals surface area contributed by atoms with Gasteiger partial charge in [-0.2, -0.15) is 8.42 Å². The number of aliphatic hydroxyl groups excluding tert-OH is 5. The fourth-order valence-corrected chi connectivity index (χ4v) is 7.57. The molecule has 0 aromatic carbocycles. The van der Waals surface area contributed by atoms with Crippen molar-refractivity contribution in [2.24, 2.45) is 0 Å². The molecule has 14 heteroatoms. The van der Waals surface area contributed by atoms with Gasteiger partial charge in [-0.3, -0.25) is 9.35 Å². The summed E-state index contributed by atoms with van der Waals surface area (Å²) in [6.07, 6.45) is 29.5. The van der Waals surface area contributed by atoms with E-state index in [1.54, 1.807) is 6.08 Å². The molecule has 1 aliphatic rings. The van der Waals surface area contributed by atoms with Crippen LogP contribution in [0.4, 0.5) is 0 Å². The fraction of sp³-hybridized carbons (Fsp3) is 0.844. The Kier molecular flexibility index (Phi) is 33.6. The molecule has 1 aliphatic heterocycles. The van der Waals surface area contributed by atoms with Crippen LogP contribution in [-0.4, -0.2) is 107 Å². The quantitative estimate of drug-likeness (QED) is 0.0181. The number of carbonyl (C=O) groups is 1. The van der Waals surface area contributed by atoms with Crippen molar-refractivity contribution in [1.29, 1.82) is 0 Å². The molecule has 1 fully saturated rings. The number of nitrogens with one attached hydrogen (secondary N) is 1. The Morgan fingerprint density at radius 2 is 1.14 bits per heavy atom. The first-order chi connectivity index (χ1) is 28.4. The van der Waals surface area contributed by atoms with Gasteiger partial charge >= 0.3 is 10.4 Å². The number of unbranched alkanes of at least 4 members (excludes halogenated alkanes) is 21. The number of aliphatic hydroxyl groups is 5. The van der Waals surface area contributed by atoms with Crippen LogP contribution in [0.3, 0.4) is 0 Å². The van der Waals surface area contributed by atoms with Crippen LogP contribution in [0.25, 0.3) is 0 Å². The molecule has 0 bridgehead atoms. The van der Waals surface area contributed by atoms with Gasteiger partial charge in [0, 0.05) is 0 Å². The molecule has 1 rings (SSSR count). The molecule has 1 amide bonds. The highest BCUT2D eigenvalue weighted by Gasteiger charge is 2.48. The summed E-state index contributed by atoms with van der Waals surface area (Å²) in [6, 6.07) is -1.14. The van der Waals surface area contributed by atoms with Crippen LogP contribution < -0.4 is 5.32 Å². The van der Waals surface area contributed by atoms with Crippen molar-refractivity contribution in [3.63, 3.8) is 0 Å². The molecule has 7 N–H and O–H groups in total. The maximum atomic E-state index is 13.1. The standard InChI is InChI=1S/C45H83NO12S/c1-3-5-7-9-11-13-15-17-18-19-20-21-22-24-25-27-29-31-33-38(48)37(36-56-45-42(51)43(58-59(53,54)55)41(50)40(35-47)57-45)46-44(52)39(49)34-32-30-28-26-23-16-14-12-10-8-6-4-2/h23-26,31,33,37-43,45,47-51H,3-22,27-30,32,34-36H2,1-2H3,(H,46,52)(H,53,54,55)/b25-24+,26-23-,33-31+. The number of allylic oxidation sites excluding steroid dienone is 5. The zero-order valence-electron chi connectivity index (χ0n) is 36.4. The summed E-state index contributed by atoms with van der Waals surface area (Å²) >= 11 is 0. The highest BCUT2D eigenvalue weighted by Crippen LogP contribution is 2.26. The van der Waals surface area contributed by atoms with Gasteiger partial charge in [-0.05, 0) is 57.8 Å². The molecule has 13 nitrogen and oxygen atoms in total. The van der Waals surface area contributed by atoms with Crippen LogP contribution in [-0.2, 0) is 28.9 Å². The summed E-state index contributed by atoms with van der Waals surface area (Å²) in [5.74, 6) is -0.730. The first kappa shape index (κ1) is 55.3. The highest BCUT2D eigenvalue weighted by atomic mass is 32.3. The monoisotopic (exact) mass is 862 g/mol. The van der Waals surface area contributed by atoms with Crippen molar-refractivity contribution in [3.05, 3.63) is 36.5 Å². The summed E-state index contributed by atoms with van der Waals surface area (Å²) in [5, 5.41) is 55.1.